The molecule has 1 aromatic heterocycles. The molecular formula is C14H24N4O. The van der Waals surface area contributed by atoms with Crippen molar-refractivity contribution in [3.8, 4) is 0 Å². The molecule has 0 saturated carbocycles. The maximum absolute atomic E-state index is 12.4. The van der Waals surface area contributed by atoms with Crippen LogP contribution in [-0.4, -0.2) is 40.1 Å². The van der Waals surface area contributed by atoms with Gasteiger partial charge in [0, 0.05) is 30.9 Å². The Morgan fingerprint density at radius 3 is 2.89 bits per heavy atom. The van der Waals surface area contributed by atoms with E-state index >= 15 is 0 Å². The number of H-pyrrole nitrogens is 1. The third-order valence-corrected chi connectivity index (χ3v) is 3.89. The molecule has 1 unspecified atom stereocenters. The molecule has 5 heteroatoms. The van der Waals surface area contributed by atoms with Crippen LogP contribution in [0.25, 0.3) is 0 Å². The van der Waals surface area contributed by atoms with Crippen molar-refractivity contribution >= 4 is 5.91 Å². The zero-order chi connectivity index (χ0) is 14.0. The average Bonchev–Trinajstić information content (AvgIpc) is 2.90. The molecule has 1 amide bonds. The molecule has 0 bridgehead atoms. The van der Waals surface area contributed by atoms with E-state index in [2.05, 4.69) is 10.2 Å². The molecule has 0 radical (unpaired) electrons. The standard InChI is InChI=1S/C14H24N4O/c1-14(2,3)12(15)13(19)18-8-4-5-10(9-18)11-6-7-16-17-11/h6-7,10,12H,4-5,8-9,15H2,1-3H3,(H,16,17)/t10?,12-/m1/s1. The van der Waals surface area contributed by atoms with Gasteiger partial charge in [0.05, 0.1) is 6.04 Å². The Bertz CT molecular complexity index is 421. The van der Waals surface area contributed by atoms with E-state index in [1.807, 2.05) is 31.7 Å². The number of hydrogen-bond acceptors (Lipinski definition) is 3. The highest BCUT2D eigenvalue weighted by atomic mass is 16.2. The van der Waals surface area contributed by atoms with Gasteiger partial charge >= 0.3 is 0 Å². The van der Waals surface area contributed by atoms with Crippen LogP contribution in [0.4, 0.5) is 0 Å². The molecule has 0 aromatic carbocycles. The van der Waals surface area contributed by atoms with E-state index in [-0.39, 0.29) is 11.3 Å². The lowest BCUT2D eigenvalue weighted by molar-refractivity contribution is -0.136. The molecule has 1 aliphatic heterocycles. The summed E-state index contributed by atoms with van der Waals surface area (Å²) in [6.07, 6.45) is 3.88. The second-order valence-electron chi connectivity index (χ2n) is 6.48. The molecule has 3 N–H and O–H groups in total. The fourth-order valence-electron chi connectivity index (χ4n) is 2.49. The largest absolute Gasteiger partial charge is 0.341 e. The number of nitrogens with one attached hydrogen (secondary N) is 1. The Hall–Kier alpha value is -1.36. The number of nitrogens with two attached hydrogens (primary N) is 1. The summed E-state index contributed by atoms with van der Waals surface area (Å²) < 4.78 is 0. The second-order valence-corrected chi connectivity index (χ2v) is 6.48. The Morgan fingerprint density at radius 1 is 1.58 bits per heavy atom. The van der Waals surface area contributed by atoms with Crippen LogP contribution in [0.1, 0.15) is 45.2 Å². The van der Waals surface area contributed by atoms with Crippen molar-refractivity contribution in [2.24, 2.45) is 11.1 Å². The molecule has 2 atom stereocenters. The van der Waals surface area contributed by atoms with Gasteiger partial charge in [-0.2, -0.15) is 5.10 Å². The number of hydrogen-bond donors (Lipinski definition) is 2. The number of carbonyl (C=O) groups excluding carboxylic acids is 1. The average molecular weight is 264 g/mol. The van der Waals surface area contributed by atoms with E-state index in [0.29, 0.717) is 5.92 Å². The molecule has 5 nitrogen and oxygen atoms in total. The fraction of sp³-hybridized carbons (Fsp3) is 0.714. The number of aromatic amines is 1. The van der Waals surface area contributed by atoms with Gasteiger partial charge in [0.1, 0.15) is 0 Å². The van der Waals surface area contributed by atoms with E-state index in [1.165, 1.54) is 0 Å². The van der Waals surface area contributed by atoms with Crippen molar-refractivity contribution in [3.63, 3.8) is 0 Å². The Morgan fingerprint density at radius 2 is 2.32 bits per heavy atom. The molecule has 2 rings (SSSR count). The number of nitrogens with zero attached hydrogens (tertiary/aromatic N) is 2. The van der Waals surface area contributed by atoms with Crippen molar-refractivity contribution in [1.82, 2.24) is 15.1 Å². The van der Waals surface area contributed by atoms with Gasteiger partial charge in [-0.25, -0.2) is 0 Å². The first-order chi connectivity index (χ1) is 8.89. The van der Waals surface area contributed by atoms with Gasteiger partial charge in [-0.3, -0.25) is 9.89 Å². The van der Waals surface area contributed by atoms with Crippen LogP contribution in [0.5, 0.6) is 0 Å². The van der Waals surface area contributed by atoms with E-state index in [4.69, 9.17) is 5.73 Å². The molecule has 2 heterocycles. The number of carbonyl (C=O) groups is 1. The van der Waals surface area contributed by atoms with Crippen LogP contribution in [-0.2, 0) is 4.79 Å². The van der Waals surface area contributed by atoms with Gasteiger partial charge in [0.15, 0.2) is 0 Å². The zero-order valence-electron chi connectivity index (χ0n) is 12.0. The Labute approximate surface area is 114 Å². The Balaban J connectivity index is 2.03. The topological polar surface area (TPSA) is 75.0 Å². The van der Waals surface area contributed by atoms with Crippen LogP contribution in [0.3, 0.4) is 0 Å². The van der Waals surface area contributed by atoms with Crippen molar-refractivity contribution in [2.45, 2.75) is 45.6 Å². The van der Waals surface area contributed by atoms with Gasteiger partial charge < -0.3 is 10.6 Å². The van der Waals surface area contributed by atoms with Crippen LogP contribution in [0.15, 0.2) is 12.3 Å². The SMILES string of the molecule is CC(C)(C)[C@H](N)C(=O)N1CCCC(c2ccn[nH]2)C1. The molecule has 19 heavy (non-hydrogen) atoms. The number of amides is 1. The zero-order valence-corrected chi connectivity index (χ0v) is 12.0. The van der Waals surface area contributed by atoms with Crippen molar-refractivity contribution in [1.29, 1.82) is 0 Å². The number of piperidine rings is 1. The normalized spacial score (nSPS) is 22.3. The van der Waals surface area contributed by atoms with E-state index in [0.717, 1.165) is 31.6 Å². The monoisotopic (exact) mass is 264 g/mol. The van der Waals surface area contributed by atoms with Gasteiger partial charge in [-0.05, 0) is 24.3 Å². The highest BCUT2D eigenvalue weighted by molar-refractivity contribution is 5.82. The molecule has 1 aromatic rings. The smallest absolute Gasteiger partial charge is 0.240 e. The van der Waals surface area contributed by atoms with Gasteiger partial charge in [-0.1, -0.05) is 20.8 Å². The summed E-state index contributed by atoms with van der Waals surface area (Å²) in [6, 6.07) is 1.55. The quantitative estimate of drug-likeness (QED) is 0.849. The van der Waals surface area contributed by atoms with Crippen molar-refractivity contribution in [3.05, 3.63) is 18.0 Å². The Kier molecular flexibility index (Phi) is 3.94. The summed E-state index contributed by atoms with van der Waals surface area (Å²) in [5.74, 6) is 0.420. The first kappa shape index (κ1) is 14.1. The minimum absolute atomic E-state index is 0.0664. The molecule has 0 spiro atoms. The van der Waals surface area contributed by atoms with Crippen LogP contribution >= 0.6 is 0 Å². The predicted octanol–water partition coefficient (Wildman–Crippen LogP) is 1.49. The van der Waals surface area contributed by atoms with Crippen LogP contribution in [0.2, 0.25) is 0 Å². The minimum atomic E-state index is -0.437. The molecule has 1 aliphatic rings. The minimum Gasteiger partial charge on any atom is -0.341 e. The summed E-state index contributed by atoms with van der Waals surface area (Å²) in [5, 5.41) is 7.00. The number of aromatic nitrogens is 2. The predicted molar refractivity (Wildman–Crippen MR) is 74.6 cm³/mol. The maximum Gasteiger partial charge on any atom is 0.240 e. The summed E-state index contributed by atoms with van der Waals surface area (Å²) >= 11 is 0. The van der Waals surface area contributed by atoms with Gasteiger partial charge in [0.25, 0.3) is 0 Å². The van der Waals surface area contributed by atoms with E-state index < -0.39 is 6.04 Å². The van der Waals surface area contributed by atoms with E-state index in [1.54, 1.807) is 6.20 Å². The molecule has 1 saturated heterocycles. The lowest BCUT2D eigenvalue weighted by Gasteiger charge is -2.36. The summed E-state index contributed by atoms with van der Waals surface area (Å²) in [6.45, 7) is 7.57. The van der Waals surface area contributed by atoms with Gasteiger partial charge in [0.2, 0.25) is 5.91 Å². The molecule has 0 aliphatic carbocycles. The summed E-state index contributed by atoms with van der Waals surface area (Å²) in [5.41, 5.74) is 6.99. The summed E-state index contributed by atoms with van der Waals surface area (Å²) in [7, 11) is 0. The maximum atomic E-state index is 12.4. The van der Waals surface area contributed by atoms with E-state index in [9.17, 15) is 4.79 Å². The van der Waals surface area contributed by atoms with Crippen LogP contribution in [0, 0.1) is 5.41 Å². The molecule has 1 fully saturated rings. The van der Waals surface area contributed by atoms with Crippen LogP contribution < -0.4 is 5.73 Å². The molecular weight excluding hydrogens is 240 g/mol. The first-order valence-electron chi connectivity index (χ1n) is 6.93. The number of rotatable bonds is 2. The summed E-state index contributed by atoms with van der Waals surface area (Å²) in [4.78, 5) is 14.3. The van der Waals surface area contributed by atoms with Crippen molar-refractivity contribution in [2.75, 3.05) is 13.1 Å². The third-order valence-electron chi connectivity index (χ3n) is 3.89. The first-order valence-corrected chi connectivity index (χ1v) is 6.93. The highest BCUT2D eigenvalue weighted by Crippen LogP contribution is 2.27. The highest BCUT2D eigenvalue weighted by Gasteiger charge is 2.33. The van der Waals surface area contributed by atoms with Crippen molar-refractivity contribution < 1.29 is 4.79 Å². The number of likely N-dealkylation sites (tertiary alicyclic amines) is 1. The fourth-order valence-corrected chi connectivity index (χ4v) is 2.49. The second kappa shape index (κ2) is 5.33. The van der Waals surface area contributed by atoms with Gasteiger partial charge in [-0.15, -0.1) is 0 Å². The molecule has 106 valence electrons. The third kappa shape index (κ3) is 3.15. The lowest BCUT2D eigenvalue weighted by atomic mass is 9.85. The lowest BCUT2D eigenvalue weighted by Crippen LogP contribution is -2.52.